The number of benzene rings is 3. The lowest BCUT2D eigenvalue weighted by atomic mass is 10.0. The van der Waals surface area contributed by atoms with E-state index in [1.807, 2.05) is 54.6 Å². The molecule has 0 radical (unpaired) electrons. The van der Waals surface area contributed by atoms with Gasteiger partial charge in [-0.15, -0.1) is 0 Å². The number of fused-ring (bicyclic) bond motifs is 3. The number of nitrogens with zero attached hydrogens (tertiary/aromatic N) is 1. The number of methoxy groups -OCH3 is 1. The fraction of sp³-hybridized carbons (Fsp3) is 0.154. The smallest absolute Gasteiger partial charge is 0.195 e. The van der Waals surface area contributed by atoms with Crippen molar-refractivity contribution in [3.8, 4) is 17.2 Å². The van der Waals surface area contributed by atoms with Gasteiger partial charge in [-0.3, -0.25) is 0 Å². The maximum atomic E-state index is 6.41. The van der Waals surface area contributed by atoms with Crippen molar-refractivity contribution in [2.45, 2.75) is 12.3 Å². The average Bonchev–Trinajstić information content (AvgIpc) is 3.28. The quantitative estimate of drug-likeness (QED) is 0.560. The predicted octanol–water partition coefficient (Wildman–Crippen LogP) is 5.25. The first-order valence-electron chi connectivity index (χ1n) is 10.3. The van der Waals surface area contributed by atoms with Crippen LogP contribution in [0.3, 0.4) is 0 Å². The van der Waals surface area contributed by atoms with Crippen molar-refractivity contribution in [1.29, 1.82) is 0 Å². The minimum Gasteiger partial charge on any atom is -0.497 e. The zero-order valence-electron chi connectivity index (χ0n) is 17.3. The summed E-state index contributed by atoms with van der Waals surface area (Å²) in [6.07, 6.45) is 3.72. The average molecular weight is 412 g/mol. The van der Waals surface area contributed by atoms with Crippen molar-refractivity contribution in [2.24, 2.45) is 0 Å². The van der Waals surface area contributed by atoms with Crippen LogP contribution in [-0.2, 0) is 0 Å². The van der Waals surface area contributed by atoms with Gasteiger partial charge in [0.2, 0.25) is 0 Å². The normalized spacial score (nSPS) is 19.3. The monoisotopic (exact) mass is 412 g/mol. The van der Waals surface area contributed by atoms with E-state index in [-0.39, 0.29) is 12.3 Å². The first-order valence-corrected chi connectivity index (χ1v) is 10.3. The van der Waals surface area contributed by atoms with Crippen molar-refractivity contribution in [3.63, 3.8) is 0 Å². The third-order valence-electron chi connectivity index (χ3n) is 5.54. The number of para-hydroxylation sites is 1. The molecule has 5 nitrogen and oxygen atoms in total. The van der Waals surface area contributed by atoms with E-state index in [4.69, 9.17) is 14.2 Å². The highest BCUT2D eigenvalue weighted by Gasteiger charge is 2.40. The highest BCUT2D eigenvalue weighted by Crippen LogP contribution is 2.46. The van der Waals surface area contributed by atoms with E-state index in [1.165, 1.54) is 0 Å². The van der Waals surface area contributed by atoms with Crippen LogP contribution in [0.1, 0.15) is 29.0 Å². The van der Waals surface area contributed by atoms with Crippen LogP contribution in [0, 0.1) is 0 Å². The van der Waals surface area contributed by atoms with E-state index in [1.54, 1.807) is 13.2 Å². The van der Waals surface area contributed by atoms with Gasteiger partial charge < -0.3 is 19.6 Å². The summed E-state index contributed by atoms with van der Waals surface area (Å²) in [6.45, 7) is 4.18. The number of hydrazine groups is 1. The van der Waals surface area contributed by atoms with Gasteiger partial charge in [-0.25, -0.2) is 0 Å². The van der Waals surface area contributed by atoms with Crippen molar-refractivity contribution in [2.75, 3.05) is 13.7 Å². The number of nitrogens with one attached hydrogen (secondary N) is 1. The van der Waals surface area contributed by atoms with E-state index in [9.17, 15) is 0 Å². The molecule has 3 aromatic carbocycles. The lowest BCUT2D eigenvalue weighted by molar-refractivity contribution is -0.0326. The van der Waals surface area contributed by atoms with E-state index < -0.39 is 0 Å². The van der Waals surface area contributed by atoms with Crippen LogP contribution in [-0.4, -0.2) is 18.7 Å². The molecule has 5 heteroatoms. The molecule has 2 atom stereocenters. The Morgan fingerprint density at radius 3 is 2.48 bits per heavy atom. The van der Waals surface area contributed by atoms with Crippen LogP contribution < -0.4 is 19.6 Å². The lowest BCUT2D eigenvalue weighted by Crippen LogP contribution is -2.43. The maximum absolute atomic E-state index is 6.41. The van der Waals surface area contributed by atoms with Gasteiger partial charge in [-0.05, 0) is 54.1 Å². The topological polar surface area (TPSA) is 43.0 Å². The molecular formula is C26H24N2O3. The summed E-state index contributed by atoms with van der Waals surface area (Å²) in [5.74, 6) is 2.55. The first-order chi connectivity index (χ1) is 15.3. The van der Waals surface area contributed by atoms with Gasteiger partial charge in [0.15, 0.2) is 6.23 Å². The molecule has 0 bridgehead atoms. The lowest BCUT2D eigenvalue weighted by Gasteiger charge is -2.39. The Morgan fingerprint density at radius 1 is 1.00 bits per heavy atom. The molecule has 0 saturated carbocycles. The Balaban J connectivity index is 1.47. The standard InChI is InChI=1S/C26H24N2O3/c1-3-16-30-21-14-8-18(9-15-21)23-17-24-22-6-4-5-7-25(22)31-26(28(24)27-23)19-10-12-20(29-2)13-11-19/h3-15,17,24,26-27H,1,16H2,2H3/t24-,26+/m0/s1. The molecule has 156 valence electrons. The fourth-order valence-corrected chi connectivity index (χ4v) is 3.98. The third-order valence-corrected chi connectivity index (χ3v) is 5.54. The summed E-state index contributed by atoms with van der Waals surface area (Å²) in [4.78, 5) is 0. The van der Waals surface area contributed by atoms with Crippen LogP contribution in [0.25, 0.3) is 5.70 Å². The minimum atomic E-state index is -0.269. The number of rotatable bonds is 6. The Kier molecular flexibility index (Phi) is 5.10. The first kappa shape index (κ1) is 19.3. The molecular weight excluding hydrogens is 388 g/mol. The molecule has 0 unspecified atom stereocenters. The van der Waals surface area contributed by atoms with E-state index in [2.05, 4.69) is 41.3 Å². The van der Waals surface area contributed by atoms with Gasteiger partial charge in [-0.1, -0.05) is 43.0 Å². The molecule has 0 saturated heterocycles. The molecule has 2 heterocycles. The third kappa shape index (κ3) is 3.64. The van der Waals surface area contributed by atoms with Crippen molar-refractivity contribution < 1.29 is 14.2 Å². The molecule has 0 fully saturated rings. The SMILES string of the molecule is C=CCOc1ccc(C2=C[C@H]3c4ccccc4O[C@H](c4ccc(OC)cc4)N3N2)cc1. The van der Waals surface area contributed by atoms with Gasteiger partial charge in [0.05, 0.1) is 18.8 Å². The van der Waals surface area contributed by atoms with Crippen molar-refractivity contribution in [3.05, 3.63) is 108 Å². The summed E-state index contributed by atoms with van der Waals surface area (Å²) in [5.41, 5.74) is 7.89. The fourth-order valence-electron chi connectivity index (χ4n) is 3.98. The molecule has 1 N–H and O–H groups in total. The molecule has 0 aromatic heterocycles. The largest absolute Gasteiger partial charge is 0.497 e. The molecule has 0 amide bonds. The maximum Gasteiger partial charge on any atom is 0.195 e. The predicted molar refractivity (Wildman–Crippen MR) is 121 cm³/mol. The summed E-state index contributed by atoms with van der Waals surface area (Å²) in [5, 5.41) is 2.15. The summed E-state index contributed by atoms with van der Waals surface area (Å²) < 4.78 is 17.3. The van der Waals surface area contributed by atoms with E-state index >= 15 is 0 Å². The van der Waals surface area contributed by atoms with E-state index in [0.29, 0.717) is 6.61 Å². The van der Waals surface area contributed by atoms with Crippen LogP contribution in [0.15, 0.2) is 91.5 Å². The van der Waals surface area contributed by atoms with Crippen molar-refractivity contribution >= 4 is 5.70 Å². The van der Waals surface area contributed by atoms with Gasteiger partial charge in [-0.2, -0.15) is 5.01 Å². The van der Waals surface area contributed by atoms with E-state index in [0.717, 1.165) is 39.6 Å². The summed E-state index contributed by atoms with van der Waals surface area (Å²) in [6, 6.07) is 24.3. The molecule has 2 aliphatic rings. The van der Waals surface area contributed by atoms with Crippen LogP contribution in [0.5, 0.6) is 17.2 Å². The Morgan fingerprint density at radius 2 is 1.74 bits per heavy atom. The summed E-state index contributed by atoms with van der Waals surface area (Å²) >= 11 is 0. The van der Waals surface area contributed by atoms with Gasteiger partial charge in [0.1, 0.15) is 23.9 Å². The second-order valence-electron chi connectivity index (χ2n) is 7.45. The summed E-state index contributed by atoms with van der Waals surface area (Å²) in [7, 11) is 1.67. The molecule has 0 aliphatic carbocycles. The molecule has 3 aromatic rings. The van der Waals surface area contributed by atoms with Crippen LogP contribution >= 0.6 is 0 Å². The molecule has 31 heavy (non-hydrogen) atoms. The number of hydrogen-bond donors (Lipinski definition) is 1. The number of hydrogen-bond acceptors (Lipinski definition) is 5. The van der Waals surface area contributed by atoms with Gasteiger partial charge in [0, 0.05) is 11.1 Å². The van der Waals surface area contributed by atoms with Crippen LogP contribution in [0.2, 0.25) is 0 Å². The molecule has 2 aliphatic heterocycles. The second kappa shape index (κ2) is 8.20. The molecule has 0 spiro atoms. The zero-order chi connectivity index (χ0) is 21.2. The van der Waals surface area contributed by atoms with Gasteiger partial charge in [0.25, 0.3) is 0 Å². The minimum absolute atomic E-state index is 0.0590. The highest BCUT2D eigenvalue weighted by molar-refractivity contribution is 5.68. The second-order valence-corrected chi connectivity index (χ2v) is 7.45. The van der Waals surface area contributed by atoms with Crippen molar-refractivity contribution in [1.82, 2.24) is 10.4 Å². The highest BCUT2D eigenvalue weighted by atomic mass is 16.5. The van der Waals surface area contributed by atoms with Crippen LogP contribution in [0.4, 0.5) is 0 Å². The zero-order valence-corrected chi connectivity index (χ0v) is 17.3. The Bertz CT molecular complexity index is 1110. The Hall–Kier alpha value is -3.70. The number of ether oxygens (including phenoxy) is 3. The Labute approximate surface area is 182 Å². The molecule has 5 rings (SSSR count). The van der Waals surface area contributed by atoms with Gasteiger partial charge >= 0.3 is 0 Å².